The standard InChI is InChI=1S/C8H13N2O5P/c1-10(9-15-16(12,13)14)6-7-3-2-4-8(11)5-7/h2-5,9,11H,6H2,1H3,(H2,12,13,14). The van der Waals surface area contributed by atoms with Gasteiger partial charge in [0.25, 0.3) is 0 Å². The molecule has 0 aliphatic heterocycles. The Morgan fingerprint density at radius 2 is 2.19 bits per heavy atom. The minimum Gasteiger partial charge on any atom is -0.508 e. The third-order valence-corrected chi connectivity index (χ3v) is 1.97. The summed E-state index contributed by atoms with van der Waals surface area (Å²) in [6.45, 7) is 0.314. The van der Waals surface area contributed by atoms with Gasteiger partial charge in [0.05, 0.1) is 0 Å². The van der Waals surface area contributed by atoms with Crippen molar-refractivity contribution >= 4 is 7.82 Å². The average Bonchev–Trinajstić information content (AvgIpc) is 2.14. The van der Waals surface area contributed by atoms with Crippen molar-refractivity contribution in [1.29, 1.82) is 0 Å². The first-order valence-electron chi connectivity index (χ1n) is 4.35. The van der Waals surface area contributed by atoms with Crippen LogP contribution in [0.1, 0.15) is 5.56 Å². The fourth-order valence-corrected chi connectivity index (χ4v) is 1.33. The van der Waals surface area contributed by atoms with E-state index in [0.717, 1.165) is 5.56 Å². The molecule has 0 unspecified atom stereocenters. The van der Waals surface area contributed by atoms with E-state index in [4.69, 9.17) is 9.79 Å². The molecule has 0 aliphatic carbocycles. The molecule has 1 rings (SSSR count). The topological polar surface area (TPSA) is 102 Å². The summed E-state index contributed by atoms with van der Waals surface area (Å²) in [5.41, 5.74) is 2.85. The summed E-state index contributed by atoms with van der Waals surface area (Å²) >= 11 is 0. The number of phenols is 1. The number of nitrogens with one attached hydrogen (secondary N) is 1. The zero-order valence-corrected chi connectivity index (χ0v) is 9.46. The summed E-state index contributed by atoms with van der Waals surface area (Å²) in [7, 11) is -2.99. The fraction of sp³-hybridized carbons (Fsp3) is 0.250. The molecule has 0 fully saturated rings. The monoisotopic (exact) mass is 248 g/mol. The van der Waals surface area contributed by atoms with E-state index >= 15 is 0 Å². The number of benzene rings is 1. The Balaban J connectivity index is 2.46. The zero-order valence-electron chi connectivity index (χ0n) is 8.57. The number of hydrazine groups is 1. The maximum Gasteiger partial charge on any atom is 0.487 e. The average molecular weight is 248 g/mol. The molecule has 0 atom stereocenters. The van der Waals surface area contributed by atoms with Crippen LogP contribution in [0.15, 0.2) is 24.3 Å². The Bertz CT molecular complexity index is 394. The van der Waals surface area contributed by atoms with Crippen molar-refractivity contribution in [2.45, 2.75) is 6.54 Å². The van der Waals surface area contributed by atoms with Crippen LogP contribution in [-0.2, 0) is 15.7 Å². The maximum atomic E-state index is 10.4. The Labute approximate surface area is 92.4 Å². The van der Waals surface area contributed by atoms with Crippen molar-refractivity contribution in [3.63, 3.8) is 0 Å². The van der Waals surface area contributed by atoms with Gasteiger partial charge in [-0.3, -0.25) is 0 Å². The van der Waals surface area contributed by atoms with Gasteiger partial charge in [0.1, 0.15) is 5.75 Å². The number of phenolic OH excluding ortho intramolecular Hbond substituents is 1. The predicted molar refractivity (Wildman–Crippen MR) is 55.8 cm³/mol. The Kier molecular flexibility index (Phi) is 4.43. The lowest BCUT2D eigenvalue weighted by atomic mass is 10.2. The van der Waals surface area contributed by atoms with E-state index in [9.17, 15) is 9.67 Å². The van der Waals surface area contributed by atoms with Crippen LogP contribution in [0.3, 0.4) is 0 Å². The lowest BCUT2D eigenvalue weighted by Gasteiger charge is -2.17. The molecule has 0 saturated heterocycles. The van der Waals surface area contributed by atoms with Gasteiger partial charge in [-0.05, 0) is 17.7 Å². The van der Waals surface area contributed by atoms with Gasteiger partial charge in [0, 0.05) is 13.6 Å². The molecule has 4 N–H and O–H groups in total. The molecule has 0 amide bonds. The molecular formula is C8H13N2O5P. The Hall–Kier alpha value is -0.950. The van der Waals surface area contributed by atoms with Gasteiger partial charge in [0.15, 0.2) is 0 Å². The van der Waals surface area contributed by atoms with E-state index in [1.807, 2.05) is 0 Å². The van der Waals surface area contributed by atoms with Crippen LogP contribution in [0.4, 0.5) is 0 Å². The molecule has 0 spiro atoms. The summed E-state index contributed by atoms with van der Waals surface area (Å²) in [5.74, 6) is 0.127. The van der Waals surface area contributed by atoms with Crippen LogP contribution in [-0.4, -0.2) is 26.9 Å². The molecule has 0 radical (unpaired) electrons. The van der Waals surface area contributed by atoms with E-state index in [1.165, 1.54) is 17.1 Å². The SMILES string of the molecule is CN(Cc1cccc(O)c1)NOP(=O)(O)O. The highest BCUT2D eigenvalue weighted by atomic mass is 31.2. The van der Waals surface area contributed by atoms with Gasteiger partial charge in [-0.15, -0.1) is 5.59 Å². The van der Waals surface area contributed by atoms with Crippen molar-refractivity contribution in [2.75, 3.05) is 7.05 Å². The minimum absolute atomic E-state index is 0.127. The molecule has 0 aliphatic rings. The first kappa shape index (κ1) is 13.1. The Morgan fingerprint density at radius 1 is 1.50 bits per heavy atom. The summed E-state index contributed by atoms with van der Waals surface area (Å²) in [6.07, 6.45) is 0. The predicted octanol–water partition coefficient (Wildman–Crippen LogP) is 0.353. The molecule has 7 nitrogen and oxygen atoms in total. The highest BCUT2D eigenvalue weighted by Gasteiger charge is 2.15. The first-order chi connectivity index (χ1) is 7.37. The number of nitrogens with zero attached hydrogens (tertiary/aromatic N) is 1. The molecule has 1 aromatic rings. The third-order valence-electron chi connectivity index (χ3n) is 1.65. The third kappa shape index (κ3) is 5.22. The van der Waals surface area contributed by atoms with E-state index in [0.29, 0.717) is 6.54 Å². The van der Waals surface area contributed by atoms with Crippen LogP contribution in [0.2, 0.25) is 0 Å². The molecule has 1 aromatic carbocycles. The second-order valence-electron chi connectivity index (χ2n) is 3.20. The molecule has 16 heavy (non-hydrogen) atoms. The van der Waals surface area contributed by atoms with Gasteiger partial charge in [0.2, 0.25) is 0 Å². The molecule has 0 saturated carbocycles. The summed E-state index contributed by atoms with van der Waals surface area (Å²) in [6, 6.07) is 6.50. The van der Waals surface area contributed by atoms with E-state index < -0.39 is 7.82 Å². The number of phosphoric acid groups is 1. The zero-order chi connectivity index (χ0) is 12.2. The lowest BCUT2D eigenvalue weighted by Crippen LogP contribution is -2.32. The summed E-state index contributed by atoms with van der Waals surface area (Å²) in [5, 5.41) is 10.5. The largest absolute Gasteiger partial charge is 0.508 e. The number of hydrogen-bond donors (Lipinski definition) is 4. The van der Waals surface area contributed by atoms with Crippen LogP contribution in [0.5, 0.6) is 5.75 Å². The number of aromatic hydroxyl groups is 1. The highest BCUT2D eigenvalue weighted by Crippen LogP contribution is 2.33. The van der Waals surface area contributed by atoms with E-state index in [2.05, 4.69) is 10.2 Å². The van der Waals surface area contributed by atoms with E-state index in [-0.39, 0.29) is 5.75 Å². The number of rotatable bonds is 5. The molecule has 90 valence electrons. The van der Waals surface area contributed by atoms with Gasteiger partial charge < -0.3 is 14.9 Å². The van der Waals surface area contributed by atoms with Crippen LogP contribution >= 0.6 is 7.82 Å². The van der Waals surface area contributed by atoms with Crippen LogP contribution in [0.25, 0.3) is 0 Å². The molecule has 0 heterocycles. The minimum atomic E-state index is -4.54. The van der Waals surface area contributed by atoms with Crippen molar-refractivity contribution in [1.82, 2.24) is 10.6 Å². The number of hydrogen-bond acceptors (Lipinski definition) is 5. The normalized spacial score (nSPS) is 12.0. The van der Waals surface area contributed by atoms with Crippen LogP contribution in [0, 0.1) is 0 Å². The van der Waals surface area contributed by atoms with Gasteiger partial charge in [-0.2, -0.15) is 4.62 Å². The van der Waals surface area contributed by atoms with Crippen molar-refractivity contribution < 1.29 is 24.1 Å². The quantitative estimate of drug-likeness (QED) is 0.440. The van der Waals surface area contributed by atoms with Crippen molar-refractivity contribution in [3.05, 3.63) is 29.8 Å². The highest BCUT2D eigenvalue weighted by molar-refractivity contribution is 7.46. The fourth-order valence-electron chi connectivity index (χ4n) is 1.08. The van der Waals surface area contributed by atoms with E-state index in [1.54, 1.807) is 19.2 Å². The molecule has 0 aromatic heterocycles. The molecule has 8 heteroatoms. The Morgan fingerprint density at radius 3 is 2.75 bits per heavy atom. The van der Waals surface area contributed by atoms with Gasteiger partial charge in [-0.1, -0.05) is 12.1 Å². The maximum absolute atomic E-state index is 10.4. The lowest BCUT2D eigenvalue weighted by molar-refractivity contribution is -0.00685. The van der Waals surface area contributed by atoms with Crippen molar-refractivity contribution in [3.8, 4) is 5.75 Å². The van der Waals surface area contributed by atoms with Gasteiger partial charge >= 0.3 is 7.82 Å². The second kappa shape index (κ2) is 5.40. The molecular weight excluding hydrogens is 235 g/mol. The smallest absolute Gasteiger partial charge is 0.487 e. The summed E-state index contributed by atoms with van der Waals surface area (Å²) < 4.78 is 14.5. The van der Waals surface area contributed by atoms with Crippen LogP contribution < -0.4 is 5.59 Å². The van der Waals surface area contributed by atoms with Crippen molar-refractivity contribution in [2.24, 2.45) is 0 Å². The molecule has 0 bridgehead atoms. The summed E-state index contributed by atoms with van der Waals surface area (Å²) in [4.78, 5) is 16.9. The van der Waals surface area contributed by atoms with Gasteiger partial charge in [-0.25, -0.2) is 9.57 Å². The first-order valence-corrected chi connectivity index (χ1v) is 5.89. The second-order valence-corrected chi connectivity index (χ2v) is 4.36.